The van der Waals surface area contributed by atoms with Crippen molar-refractivity contribution in [3.05, 3.63) is 51.3 Å². The van der Waals surface area contributed by atoms with Crippen LogP contribution in [0.3, 0.4) is 0 Å². The van der Waals surface area contributed by atoms with E-state index in [1.165, 1.54) is 5.56 Å². The zero-order valence-corrected chi connectivity index (χ0v) is 12.6. The molecule has 94 valence electrons. The topological polar surface area (TPSA) is 22.0 Å². The predicted molar refractivity (Wildman–Crippen MR) is 77.7 cm³/mol. The quantitative estimate of drug-likeness (QED) is 0.755. The van der Waals surface area contributed by atoms with E-state index in [4.69, 9.17) is 0 Å². The van der Waals surface area contributed by atoms with Gasteiger partial charge in [-0.25, -0.2) is 0 Å². The lowest BCUT2D eigenvalue weighted by molar-refractivity contribution is 0.101. The second-order valence-corrected chi connectivity index (χ2v) is 5.46. The zero-order valence-electron chi connectivity index (χ0n) is 11.0. The van der Waals surface area contributed by atoms with E-state index in [0.29, 0.717) is 0 Å². The second kappa shape index (κ2) is 4.73. The van der Waals surface area contributed by atoms with E-state index in [9.17, 15) is 4.79 Å². The Morgan fingerprint density at radius 3 is 2.33 bits per heavy atom. The van der Waals surface area contributed by atoms with Gasteiger partial charge >= 0.3 is 0 Å². The Hall–Kier alpha value is -1.35. The highest BCUT2D eigenvalue weighted by Crippen LogP contribution is 2.25. The lowest BCUT2D eigenvalue weighted by Crippen LogP contribution is -2.01. The van der Waals surface area contributed by atoms with Crippen molar-refractivity contribution in [2.24, 2.45) is 0 Å². The number of aryl methyl sites for hydroxylation is 2. The van der Waals surface area contributed by atoms with E-state index in [0.717, 1.165) is 27.1 Å². The summed E-state index contributed by atoms with van der Waals surface area (Å²) in [6.07, 6.45) is 0. The van der Waals surface area contributed by atoms with Gasteiger partial charge < -0.3 is 4.57 Å². The van der Waals surface area contributed by atoms with Crippen LogP contribution in [0.4, 0.5) is 0 Å². The molecule has 0 fully saturated rings. The molecule has 0 amide bonds. The van der Waals surface area contributed by atoms with Gasteiger partial charge in [0.1, 0.15) is 0 Å². The molecule has 2 nitrogen and oxygen atoms in total. The number of rotatable bonds is 2. The number of Topliss-reactive ketones (excluding diaryl/α,β-unsaturated/α-hetero) is 1. The van der Waals surface area contributed by atoms with E-state index in [2.05, 4.69) is 45.6 Å². The number of ketones is 1. The van der Waals surface area contributed by atoms with Gasteiger partial charge in [0.05, 0.1) is 0 Å². The lowest BCUT2D eigenvalue weighted by atomic mass is 10.2. The number of nitrogens with zero attached hydrogens (tertiary/aromatic N) is 1. The molecule has 0 aliphatic rings. The molecule has 1 aromatic carbocycles. The van der Waals surface area contributed by atoms with E-state index in [1.54, 1.807) is 6.92 Å². The van der Waals surface area contributed by atoms with Crippen LogP contribution in [0.1, 0.15) is 34.2 Å². The number of hydrogen-bond donors (Lipinski definition) is 0. The first-order valence-corrected chi connectivity index (χ1v) is 6.67. The number of carbonyl (C=O) groups excluding carboxylic acids is 1. The van der Waals surface area contributed by atoms with Gasteiger partial charge in [0.15, 0.2) is 5.78 Å². The zero-order chi connectivity index (χ0) is 13.4. The number of aromatic nitrogens is 1. The van der Waals surface area contributed by atoms with Crippen molar-refractivity contribution in [1.29, 1.82) is 0 Å². The van der Waals surface area contributed by atoms with Crippen molar-refractivity contribution in [3.8, 4) is 5.69 Å². The fourth-order valence-corrected chi connectivity index (χ4v) is 2.60. The molecule has 0 saturated carbocycles. The van der Waals surface area contributed by atoms with Crippen LogP contribution in [0.5, 0.6) is 0 Å². The molecule has 0 saturated heterocycles. The third-order valence-corrected chi connectivity index (χ3v) is 4.08. The van der Waals surface area contributed by atoms with Gasteiger partial charge in [0.2, 0.25) is 0 Å². The van der Waals surface area contributed by atoms with Crippen LogP contribution in [-0.2, 0) is 0 Å². The Labute approximate surface area is 116 Å². The molecular formula is C15H16BrNO. The molecule has 2 aromatic rings. The first kappa shape index (κ1) is 13.1. The molecule has 1 aromatic heterocycles. The highest BCUT2D eigenvalue weighted by molar-refractivity contribution is 9.10. The van der Waals surface area contributed by atoms with E-state index < -0.39 is 0 Å². The summed E-state index contributed by atoms with van der Waals surface area (Å²) in [5, 5.41) is 0. The van der Waals surface area contributed by atoms with Gasteiger partial charge in [-0.05, 0) is 51.5 Å². The van der Waals surface area contributed by atoms with Crippen LogP contribution < -0.4 is 0 Å². The summed E-state index contributed by atoms with van der Waals surface area (Å²) in [7, 11) is 0. The normalized spacial score (nSPS) is 10.7. The fraction of sp³-hybridized carbons (Fsp3) is 0.267. The Morgan fingerprint density at radius 2 is 1.83 bits per heavy atom. The molecule has 0 unspecified atom stereocenters. The minimum atomic E-state index is 0.112. The average Bonchev–Trinajstić information content (AvgIpc) is 2.59. The summed E-state index contributed by atoms with van der Waals surface area (Å²) in [6, 6.07) is 8.18. The standard InChI is InChI=1S/C15H16BrNO/c1-9-5-6-13(8-15(9)16)17-10(2)7-14(11(17)3)12(4)18/h5-8H,1-4H3. The number of benzene rings is 1. The Morgan fingerprint density at radius 1 is 1.17 bits per heavy atom. The molecule has 0 radical (unpaired) electrons. The monoisotopic (exact) mass is 305 g/mol. The van der Waals surface area contributed by atoms with Crippen LogP contribution in [0.25, 0.3) is 5.69 Å². The summed E-state index contributed by atoms with van der Waals surface area (Å²) in [5.41, 5.74) is 5.15. The van der Waals surface area contributed by atoms with Gasteiger partial charge in [0, 0.05) is 27.1 Å². The predicted octanol–water partition coefficient (Wildman–Crippen LogP) is 4.37. The molecule has 0 bridgehead atoms. The average molecular weight is 306 g/mol. The van der Waals surface area contributed by atoms with Crippen LogP contribution in [-0.4, -0.2) is 10.4 Å². The molecule has 0 aliphatic heterocycles. The summed E-state index contributed by atoms with van der Waals surface area (Å²) in [5.74, 6) is 0.112. The first-order chi connectivity index (χ1) is 8.41. The molecule has 1 heterocycles. The van der Waals surface area contributed by atoms with Crippen LogP contribution in [0.15, 0.2) is 28.7 Å². The summed E-state index contributed by atoms with van der Waals surface area (Å²) in [4.78, 5) is 11.6. The van der Waals surface area contributed by atoms with Gasteiger partial charge in [-0.1, -0.05) is 22.0 Å². The highest BCUT2D eigenvalue weighted by atomic mass is 79.9. The number of hydrogen-bond acceptors (Lipinski definition) is 1. The maximum absolute atomic E-state index is 11.6. The molecular weight excluding hydrogens is 290 g/mol. The second-order valence-electron chi connectivity index (χ2n) is 4.61. The van der Waals surface area contributed by atoms with Gasteiger partial charge in [-0.2, -0.15) is 0 Å². The third-order valence-electron chi connectivity index (χ3n) is 3.22. The first-order valence-electron chi connectivity index (χ1n) is 5.88. The lowest BCUT2D eigenvalue weighted by Gasteiger charge is -2.11. The number of carbonyl (C=O) groups is 1. The third kappa shape index (κ3) is 2.15. The van der Waals surface area contributed by atoms with Crippen molar-refractivity contribution in [2.75, 3.05) is 0 Å². The molecule has 0 atom stereocenters. The molecule has 0 aliphatic carbocycles. The van der Waals surface area contributed by atoms with E-state index in [1.807, 2.05) is 19.9 Å². The minimum Gasteiger partial charge on any atom is -0.318 e. The molecule has 0 spiro atoms. The summed E-state index contributed by atoms with van der Waals surface area (Å²) in [6.45, 7) is 7.67. The van der Waals surface area contributed by atoms with Crippen molar-refractivity contribution in [1.82, 2.24) is 4.57 Å². The van der Waals surface area contributed by atoms with Gasteiger partial charge in [-0.15, -0.1) is 0 Å². The molecule has 18 heavy (non-hydrogen) atoms. The molecule has 2 rings (SSSR count). The van der Waals surface area contributed by atoms with Gasteiger partial charge in [-0.3, -0.25) is 4.79 Å². The number of halogens is 1. The van der Waals surface area contributed by atoms with Gasteiger partial charge in [0.25, 0.3) is 0 Å². The maximum atomic E-state index is 11.6. The van der Waals surface area contributed by atoms with Crippen molar-refractivity contribution < 1.29 is 4.79 Å². The summed E-state index contributed by atoms with van der Waals surface area (Å²) < 4.78 is 3.19. The largest absolute Gasteiger partial charge is 0.318 e. The summed E-state index contributed by atoms with van der Waals surface area (Å²) >= 11 is 3.55. The Bertz CT molecular complexity index is 626. The van der Waals surface area contributed by atoms with Crippen LogP contribution in [0.2, 0.25) is 0 Å². The molecule has 0 N–H and O–H groups in total. The smallest absolute Gasteiger partial charge is 0.161 e. The maximum Gasteiger partial charge on any atom is 0.161 e. The van der Waals surface area contributed by atoms with Crippen LogP contribution >= 0.6 is 15.9 Å². The van der Waals surface area contributed by atoms with Crippen LogP contribution in [0, 0.1) is 20.8 Å². The van der Waals surface area contributed by atoms with Crippen molar-refractivity contribution in [2.45, 2.75) is 27.7 Å². The Balaban J connectivity index is 2.64. The van der Waals surface area contributed by atoms with E-state index in [-0.39, 0.29) is 5.78 Å². The Kier molecular flexibility index (Phi) is 3.44. The van der Waals surface area contributed by atoms with Crippen molar-refractivity contribution >= 4 is 21.7 Å². The fourth-order valence-electron chi connectivity index (χ4n) is 2.24. The minimum absolute atomic E-state index is 0.112. The molecule has 3 heteroatoms. The van der Waals surface area contributed by atoms with Crippen molar-refractivity contribution in [3.63, 3.8) is 0 Å². The SMILES string of the molecule is CC(=O)c1cc(C)n(-c2ccc(C)c(Br)c2)c1C. The highest BCUT2D eigenvalue weighted by Gasteiger charge is 2.13. The van der Waals surface area contributed by atoms with E-state index >= 15 is 0 Å².